The molecular formula is C22H17ClF2N4O3. The van der Waals surface area contributed by atoms with Crippen molar-refractivity contribution < 1.29 is 23.5 Å². The molecule has 0 radical (unpaired) electrons. The van der Waals surface area contributed by atoms with E-state index in [1.807, 2.05) is 0 Å². The molecule has 1 saturated heterocycles. The zero-order chi connectivity index (χ0) is 22.6. The van der Waals surface area contributed by atoms with Gasteiger partial charge in [-0.25, -0.2) is 13.5 Å². The number of hydrogen-bond acceptors (Lipinski definition) is 4. The third-order valence-electron chi connectivity index (χ3n) is 6.22. The number of likely N-dealkylation sites (tertiary alicyclic amines) is 1. The minimum absolute atomic E-state index is 0.0685. The number of benzene rings is 2. The number of hydrogen-bond donors (Lipinski definition) is 1. The van der Waals surface area contributed by atoms with Crippen LogP contribution in [0.1, 0.15) is 22.3 Å². The number of carbonyl (C=O) groups is 2. The second kappa shape index (κ2) is 7.37. The summed E-state index contributed by atoms with van der Waals surface area (Å²) in [4.78, 5) is 25.6. The Labute approximate surface area is 186 Å². The maximum absolute atomic E-state index is 15.0. The highest BCUT2D eigenvalue weighted by molar-refractivity contribution is 6.33. The minimum Gasteiger partial charge on any atom is -0.481 e. The number of halogens is 3. The van der Waals surface area contributed by atoms with E-state index in [4.69, 9.17) is 11.6 Å². The number of carbonyl (C=O) groups excluding carboxylic acids is 1. The molecule has 2 heterocycles. The van der Waals surface area contributed by atoms with Crippen LogP contribution in [0.5, 0.6) is 0 Å². The van der Waals surface area contributed by atoms with Crippen LogP contribution in [0.3, 0.4) is 0 Å². The number of rotatable bonds is 5. The largest absolute Gasteiger partial charge is 0.481 e. The first-order valence-corrected chi connectivity index (χ1v) is 10.3. The fourth-order valence-electron chi connectivity index (χ4n) is 4.37. The summed E-state index contributed by atoms with van der Waals surface area (Å²) in [7, 11) is 0. The summed E-state index contributed by atoms with van der Waals surface area (Å²) in [5, 5.41) is 17.1. The first-order valence-electron chi connectivity index (χ1n) is 9.94. The van der Waals surface area contributed by atoms with Gasteiger partial charge in [0.25, 0.3) is 5.91 Å². The average molecular weight is 459 g/mol. The first kappa shape index (κ1) is 20.6. The van der Waals surface area contributed by atoms with Gasteiger partial charge in [-0.2, -0.15) is 0 Å². The van der Waals surface area contributed by atoms with E-state index in [9.17, 15) is 19.1 Å². The van der Waals surface area contributed by atoms with Gasteiger partial charge in [0, 0.05) is 18.7 Å². The summed E-state index contributed by atoms with van der Waals surface area (Å²) in [5.41, 5.74) is 0.139. The molecule has 2 aromatic carbocycles. The number of amides is 1. The zero-order valence-electron chi connectivity index (χ0n) is 16.6. The van der Waals surface area contributed by atoms with Gasteiger partial charge in [0.1, 0.15) is 11.5 Å². The number of carboxylic acid groups (broad SMARTS) is 1. The molecule has 10 heteroatoms. The molecular weight excluding hydrogens is 442 g/mol. The summed E-state index contributed by atoms with van der Waals surface area (Å²) in [6.07, 6.45) is 2.09. The van der Waals surface area contributed by atoms with Gasteiger partial charge >= 0.3 is 5.97 Å². The van der Waals surface area contributed by atoms with Gasteiger partial charge in [-0.1, -0.05) is 35.0 Å². The lowest BCUT2D eigenvalue weighted by Gasteiger charge is -2.20. The van der Waals surface area contributed by atoms with Crippen LogP contribution < -0.4 is 0 Å². The number of aromatic nitrogens is 3. The highest BCUT2D eigenvalue weighted by Gasteiger charge is 2.66. The molecule has 3 aromatic rings. The summed E-state index contributed by atoms with van der Waals surface area (Å²) in [5.74, 6) is -2.85. The molecule has 5 rings (SSSR count). The minimum atomic E-state index is -0.923. The van der Waals surface area contributed by atoms with Crippen molar-refractivity contribution in [3.05, 3.63) is 70.4 Å². The lowest BCUT2D eigenvalue weighted by molar-refractivity contribution is -0.143. The highest BCUT2D eigenvalue weighted by atomic mass is 35.5. The molecule has 1 aromatic heterocycles. The molecule has 2 aliphatic rings. The van der Waals surface area contributed by atoms with Crippen molar-refractivity contribution in [3.63, 3.8) is 0 Å². The van der Waals surface area contributed by atoms with E-state index in [0.29, 0.717) is 24.2 Å². The lowest BCUT2D eigenvalue weighted by atomic mass is 10.1. The summed E-state index contributed by atoms with van der Waals surface area (Å²) in [6, 6.07) is 8.86. The Balaban J connectivity index is 1.36. The number of aliphatic carboxylic acids is 1. The van der Waals surface area contributed by atoms with E-state index in [1.165, 1.54) is 33.8 Å². The van der Waals surface area contributed by atoms with Crippen LogP contribution in [0.25, 0.3) is 11.3 Å². The van der Waals surface area contributed by atoms with E-state index in [1.54, 1.807) is 18.3 Å². The van der Waals surface area contributed by atoms with Crippen LogP contribution in [0.4, 0.5) is 8.78 Å². The van der Waals surface area contributed by atoms with Gasteiger partial charge in [0.05, 0.1) is 28.7 Å². The third-order valence-corrected chi connectivity index (χ3v) is 6.59. The van der Waals surface area contributed by atoms with Crippen LogP contribution in [0.2, 0.25) is 5.02 Å². The Morgan fingerprint density at radius 1 is 1.25 bits per heavy atom. The molecule has 0 spiro atoms. The molecule has 32 heavy (non-hydrogen) atoms. The Bertz CT molecular complexity index is 1260. The van der Waals surface area contributed by atoms with Crippen molar-refractivity contribution in [2.75, 3.05) is 13.1 Å². The monoisotopic (exact) mass is 458 g/mol. The predicted molar refractivity (Wildman–Crippen MR) is 110 cm³/mol. The second-order valence-corrected chi connectivity index (χ2v) is 8.65. The number of fused-ring (bicyclic) bond motifs is 1. The van der Waals surface area contributed by atoms with Gasteiger partial charge in [-0.3, -0.25) is 9.59 Å². The van der Waals surface area contributed by atoms with Crippen LogP contribution in [-0.4, -0.2) is 50.0 Å². The smallest absolute Gasteiger partial charge is 0.311 e. The molecule has 1 saturated carbocycles. The molecule has 164 valence electrons. The Kier molecular flexibility index (Phi) is 4.74. The van der Waals surface area contributed by atoms with Crippen LogP contribution >= 0.6 is 11.6 Å². The van der Waals surface area contributed by atoms with Crippen molar-refractivity contribution in [1.82, 2.24) is 19.9 Å². The van der Waals surface area contributed by atoms with E-state index >= 15 is 4.39 Å². The van der Waals surface area contributed by atoms with Gasteiger partial charge in [0.2, 0.25) is 0 Å². The number of nitrogens with zero attached hydrogens (tertiary/aromatic N) is 4. The molecule has 1 N–H and O–H groups in total. The van der Waals surface area contributed by atoms with Crippen molar-refractivity contribution in [3.8, 4) is 11.3 Å². The molecule has 2 unspecified atom stereocenters. The number of carboxylic acids is 1. The number of piperidine rings is 1. The van der Waals surface area contributed by atoms with Crippen LogP contribution in [-0.2, 0) is 11.3 Å². The first-order chi connectivity index (χ1) is 15.3. The van der Waals surface area contributed by atoms with Gasteiger partial charge in [-0.05, 0) is 36.1 Å². The predicted octanol–water partition coefficient (Wildman–Crippen LogP) is 3.47. The lowest BCUT2D eigenvalue weighted by Crippen LogP contribution is -2.34. The maximum Gasteiger partial charge on any atom is 0.311 e. The normalized spacial score (nSPS) is 21.5. The highest BCUT2D eigenvalue weighted by Crippen LogP contribution is 2.58. The molecule has 1 aliphatic heterocycles. The molecule has 2 atom stereocenters. The standard InChI is InChI=1S/C22H17ClF2N4O3/c23-18-15(17-10-29(27-26-17)8-12-2-1-3-14(24)6-12)4-5-16(19(18)25)20(30)28-9-13-7-22(13,11-28)21(31)32/h1-6,10,13H,7-9,11H2,(H,31,32). The molecule has 1 aliphatic carbocycles. The topological polar surface area (TPSA) is 88.3 Å². The quantitative estimate of drug-likeness (QED) is 0.632. The molecule has 1 amide bonds. The van der Waals surface area contributed by atoms with Crippen LogP contribution in [0.15, 0.2) is 42.6 Å². The van der Waals surface area contributed by atoms with Gasteiger partial charge < -0.3 is 10.0 Å². The van der Waals surface area contributed by atoms with Crippen molar-refractivity contribution in [2.45, 2.75) is 13.0 Å². The van der Waals surface area contributed by atoms with Crippen LogP contribution in [0, 0.1) is 23.0 Å². The Morgan fingerprint density at radius 3 is 2.78 bits per heavy atom. The fraction of sp³-hybridized carbons (Fsp3) is 0.273. The van der Waals surface area contributed by atoms with E-state index in [-0.39, 0.29) is 41.0 Å². The molecule has 7 nitrogen and oxygen atoms in total. The third kappa shape index (κ3) is 3.33. The summed E-state index contributed by atoms with van der Waals surface area (Å²) in [6.45, 7) is 0.625. The van der Waals surface area contributed by atoms with E-state index < -0.39 is 23.1 Å². The van der Waals surface area contributed by atoms with Gasteiger partial charge in [-0.15, -0.1) is 5.10 Å². The Morgan fingerprint density at radius 2 is 2.06 bits per heavy atom. The SMILES string of the molecule is O=C(c1ccc(-c2cn(Cc3cccc(F)c3)nn2)c(Cl)c1F)N1CC2CC2(C(=O)O)C1. The van der Waals surface area contributed by atoms with Gasteiger partial charge in [0.15, 0.2) is 5.82 Å². The zero-order valence-corrected chi connectivity index (χ0v) is 17.4. The van der Waals surface area contributed by atoms with Crippen molar-refractivity contribution in [1.29, 1.82) is 0 Å². The Hall–Kier alpha value is -3.33. The van der Waals surface area contributed by atoms with E-state index in [0.717, 1.165) is 0 Å². The fourth-order valence-corrected chi connectivity index (χ4v) is 4.64. The summed E-state index contributed by atoms with van der Waals surface area (Å²) < 4.78 is 29.9. The van der Waals surface area contributed by atoms with E-state index in [2.05, 4.69) is 10.3 Å². The maximum atomic E-state index is 15.0. The summed E-state index contributed by atoms with van der Waals surface area (Å²) >= 11 is 6.22. The average Bonchev–Trinajstić information content (AvgIpc) is 3.08. The second-order valence-electron chi connectivity index (χ2n) is 8.27. The molecule has 0 bridgehead atoms. The van der Waals surface area contributed by atoms with Crippen molar-refractivity contribution >= 4 is 23.5 Å². The van der Waals surface area contributed by atoms with Crippen molar-refractivity contribution in [2.24, 2.45) is 11.3 Å². The molecule has 2 fully saturated rings.